The normalized spacial score (nSPS) is 10.9. The van der Waals surface area contributed by atoms with E-state index in [4.69, 9.17) is 0 Å². The first-order valence-corrected chi connectivity index (χ1v) is 6.85. The minimum absolute atomic E-state index is 0. The Hall–Kier alpha value is 0.540. The number of ketones is 1. The Labute approximate surface area is 126 Å². The molecule has 0 bridgehead atoms. The average molecular weight is 274 g/mol. The number of unbranched alkanes of at least 4 members (excludes halogenated alkanes) is 5. The summed E-state index contributed by atoms with van der Waals surface area (Å²) < 4.78 is 34.2. The van der Waals surface area contributed by atoms with Gasteiger partial charge in [0.15, 0.2) is 0 Å². The van der Waals surface area contributed by atoms with Crippen molar-refractivity contribution >= 4 is 16.2 Å². The van der Waals surface area contributed by atoms with E-state index in [1.54, 1.807) is 6.92 Å². The summed E-state index contributed by atoms with van der Waals surface area (Å²) in [6, 6.07) is 0. The Balaban J connectivity index is 0. The fraction of sp³-hybridized carbons (Fsp3) is 0.900. The molecule has 0 unspecified atom stereocenters. The van der Waals surface area contributed by atoms with Crippen molar-refractivity contribution in [2.45, 2.75) is 51.9 Å². The zero-order valence-electron chi connectivity index (χ0n) is 10.6. The monoisotopic (exact) mass is 274 g/mol. The first-order chi connectivity index (χ1) is 7.42. The van der Waals surface area contributed by atoms with Crippen molar-refractivity contribution in [3.63, 3.8) is 0 Å². The van der Waals surface area contributed by atoms with Crippen LogP contribution in [0.1, 0.15) is 51.9 Å². The minimum Gasteiger partial charge on any atom is -0.726 e. The summed E-state index contributed by atoms with van der Waals surface area (Å²) >= 11 is 0. The molecule has 0 rings (SSSR count). The molecule has 0 aromatic rings. The van der Waals surface area contributed by atoms with Crippen LogP contribution in [-0.4, -0.2) is 25.4 Å². The van der Waals surface area contributed by atoms with Crippen LogP contribution in [0.3, 0.4) is 0 Å². The van der Waals surface area contributed by atoms with E-state index in [0.717, 1.165) is 32.1 Å². The predicted molar refractivity (Wildman–Crippen MR) is 58.6 cm³/mol. The molecule has 0 aliphatic heterocycles. The number of hydrogen-bond acceptors (Lipinski definition) is 5. The van der Waals surface area contributed by atoms with Gasteiger partial charge in [-0.15, -0.1) is 0 Å². The molecular formula is C10H19NaO5S. The van der Waals surface area contributed by atoms with E-state index < -0.39 is 10.4 Å². The van der Waals surface area contributed by atoms with Crippen LogP contribution in [0, 0.1) is 0 Å². The number of rotatable bonds is 10. The van der Waals surface area contributed by atoms with Crippen LogP contribution in [0.2, 0.25) is 0 Å². The number of carbonyl (C=O) groups excluding carboxylic acids is 1. The molecule has 0 aliphatic carbocycles. The molecule has 0 saturated carbocycles. The maximum Gasteiger partial charge on any atom is 1.00 e. The molecule has 0 amide bonds. The molecule has 0 radical (unpaired) electrons. The third kappa shape index (κ3) is 19.1. The molecule has 0 spiro atoms. The Morgan fingerprint density at radius 3 is 2.00 bits per heavy atom. The van der Waals surface area contributed by atoms with Gasteiger partial charge in [0.1, 0.15) is 5.78 Å². The van der Waals surface area contributed by atoms with Crippen molar-refractivity contribution in [3.05, 3.63) is 0 Å². The predicted octanol–water partition coefficient (Wildman–Crippen LogP) is -1.21. The number of carbonyl (C=O) groups is 1. The molecule has 17 heavy (non-hydrogen) atoms. The van der Waals surface area contributed by atoms with Crippen molar-refractivity contribution in [1.29, 1.82) is 0 Å². The van der Waals surface area contributed by atoms with Crippen molar-refractivity contribution in [2.24, 2.45) is 0 Å². The van der Waals surface area contributed by atoms with E-state index in [-0.39, 0.29) is 41.9 Å². The van der Waals surface area contributed by atoms with E-state index in [9.17, 15) is 17.8 Å². The van der Waals surface area contributed by atoms with Gasteiger partial charge in [0, 0.05) is 6.42 Å². The van der Waals surface area contributed by atoms with Crippen LogP contribution in [0.25, 0.3) is 0 Å². The van der Waals surface area contributed by atoms with Gasteiger partial charge < -0.3 is 9.35 Å². The third-order valence-electron chi connectivity index (χ3n) is 2.15. The molecule has 96 valence electrons. The van der Waals surface area contributed by atoms with E-state index in [2.05, 4.69) is 4.18 Å². The van der Waals surface area contributed by atoms with Crippen LogP contribution >= 0.6 is 0 Å². The van der Waals surface area contributed by atoms with Gasteiger partial charge in [0.05, 0.1) is 6.61 Å². The standard InChI is InChI=1S/C10H20O5S.Na/c1-10(11)8-6-4-2-3-5-7-9-15-16(12,13)14;/h2-9H2,1H3,(H,12,13,14);/q;+1/p-1. The van der Waals surface area contributed by atoms with E-state index in [1.165, 1.54) is 0 Å². The number of hydrogen-bond donors (Lipinski definition) is 0. The summed E-state index contributed by atoms with van der Waals surface area (Å²) in [7, 11) is -4.52. The molecule has 0 aromatic carbocycles. The Morgan fingerprint density at radius 2 is 1.53 bits per heavy atom. The molecular weight excluding hydrogens is 255 g/mol. The molecule has 0 aromatic heterocycles. The van der Waals surface area contributed by atoms with E-state index >= 15 is 0 Å². The number of Topliss-reactive ketones (excluding diaryl/α,β-unsaturated/α-hetero) is 1. The van der Waals surface area contributed by atoms with Gasteiger partial charge >= 0.3 is 29.6 Å². The van der Waals surface area contributed by atoms with Crippen molar-refractivity contribution in [1.82, 2.24) is 0 Å². The molecule has 7 heteroatoms. The molecule has 0 N–H and O–H groups in total. The van der Waals surface area contributed by atoms with Crippen LogP contribution in [0.15, 0.2) is 0 Å². The fourth-order valence-electron chi connectivity index (χ4n) is 1.34. The maximum absolute atomic E-state index is 10.6. The summed E-state index contributed by atoms with van der Waals surface area (Å²) in [5.74, 6) is 0.217. The molecule has 0 heterocycles. The van der Waals surface area contributed by atoms with Crippen LogP contribution < -0.4 is 29.6 Å². The minimum atomic E-state index is -4.52. The van der Waals surface area contributed by atoms with Crippen LogP contribution in [-0.2, 0) is 19.4 Å². The van der Waals surface area contributed by atoms with Crippen molar-refractivity contribution < 1.29 is 51.5 Å². The molecule has 0 atom stereocenters. The fourth-order valence-corrected chi connectivity index (χ4v) is 1.67. The van der Waals surface area contributed by atoms with E-state index in [0.29, 0.717) is 12.8 Å². The smallest absolute Gasteiger partial charge is 0.726 e. The quantitative estimate of drug-likeness (QED) is 0.216. The maximum atomic E-state index is 10.6. The summed E-state index contributed by atoms with van der Waals surface area (Å²) in [4.78, 5) is 10.6. The van der Waals surface area contributed by atoms with Gasteiger partial charge in [0.25, 0.3) is 0 Å². The van der Waals surface area contributed by atoms with Crippen LogP contribution in [0.4, 0.5) is 0 Å². The van der Waals surface area contributed by atoms with Gasteiger partial charge in [-0.3, -0.25) is 4.18 Å². The Morgan fingerprint density at radius 1 is 1.06 bits per heavy atom. The molecule has 0 aliphatic rings. The zero-order valence-corrected chi connectivity index (χ0v) is 13.4. The SMILES string of the molecule is CC(=O)CCCCCCCCOS(=O)(=O)[O-].[Na+]. The van der Waals surface area contributed by atoms with Gasteiger partial charge in [-0.05, 0) is 19.8 Å². The summed E-state index contributed by atoms with van der Waals surface area (Å²) in [5.41, 5.74) is 0. The second-order valence-electron chi connectivity index (χ2n) is 3.80. The second kappa shape index (κ2) is 11.6. The first-order valence-electron chi connectivity index (χ1n) is 5.51. The third-order valence-corrected chi connectivity index (χ3v) is 2.61. The Bertz CT molecular complexity index is 289. The second-order valence-corrected chi connectivity index (χ2v) is 4.86. The molecule has 0 fully saturated rings. The van der Waals surface area contributed by atoms with Gasteiger partial charge in [-0.1, -0.05) is 25.7 Å². The molecule has 5 nitrogen and oxygen atoms in total. The van der Waals surface area contributed by atoms with Gasteiger partial charge in [-0.25, -0.2) is 8.42 Å². The summed E-state index contributed by atoms with van der Waals surface area (Å²) in [6.07, 6.45) is 5.99. The van der Waals surface area contributed by atoms with Crippen molar-refractivity contribution in [2.75, 3.05) is 6.61 Å². The van der Waals surface area contributed by atoms with Crippen LogP contribution in [0.5, 0.6) is 0 Å². The summed E-state index contributed by atoms with van der Waals surface area (Å²) in [6.45, 7) is 1.56. The largest absolute Gasteiger partial charge is 1.00 e. The van der Waals surface area contributed by atoms with E-state index in [1.807, 2.05) is 0 Å². The van der Waals surface area contributed by atoms with Gasteiger partial charge in [0.2, 0.25) is 10.4 Å². The Kier molecular flexibility index (Phi) is 13.6. The average Bonchev–Trinajstić information content (AvgIpc) is 2.13. The zero-order chi connectivity index (χ0) is 12.4. The molecule has 0 saturated heterocycles. The summed E-state index contributed by atoms with van der Waals surface area (Å²) in [5, 5.41) is 0. The topological polar surface area (TPSA) is 83.5 Å². The first kappa shape index (κ1) is 19.9. The van der Waals surface area contributed by atoms with Crippen molar-refractivity contribution in [3.8, 4) is 0 Å². The van der Waals surface area contributed by atoms with Gasteiger partial charge in [-0.2, -0.15) is 0 Å².